The van der Waals surface area contributed by atoms with Gasteiger partial charge in [0.1, 0.15) is 5.82 Å². The van der Waals surface area contributed by atoms with Crippen molar-refractivity contribution in [2.75, 3.05) is 0 Å². The molecule has 7 rings (SSSR count). The van der Waals surface area contributed by atoms with Crippen LogP contribution in [0.3, 0.4) is 0 Å². The van der Waals surface area contributed by atoms with E-state index in [-0.39, 0.29) is 21.1 Å². The van der Waals surface area contributed by atoms with Gasteiger partial charge in [0.2, 0.25) is 0 Å². The summed E-state index contributed by atoms with van der Waals surface area (Å²) in [6, 6.07) is 37.0. The number of hydrogen-bond acceptors (Lipinski definition) is 3. The maximum atomic E-state index is 6.64. The molecule has 3 aromatic heterocycles. The standard InChI is InChI=1S/C43H42N4O.Pt/c1-27(2)13-14-32-22-35(47-31(7)43(30(6)45-47)33-11-9-8-10-12-33)25-37(23-32)48-36-16-17-38-39-24-34(28(3)4)15-18-40(39)46(41(38)26-36)42-21-29(5)19-20-44-42;/h8-12,15-24,27-28H,13-14H2,1-7H3;/q-2;+2. The van der Waals surface area contributed by atoms with Crippen LogP contribution in [0.5, 0.6) is 11.5 Å². The van der Waals surface area contributed by atoms with Crippen molar-refractivity contribution in [3.8, 4) is 34.1 Å². The summed E-state index contributed by atoms with van der Waals surface area (Å²) < 4.78 is 10.8. The quantitative estimate of drug-likeness (QED) is 0.136. The van der Waals surface area contributed by atoms with E-state index in [2.05, 4.69) is 132 Å². The first-order valence-electron chi connectivity index (χ1n) is 17.0. The van der Waals surface area contributed by atoms with Crippen LogP contribution in [0.1, 0.15) is 68.1 Å². The number of benzene rings is 4. The van der Waals surface area contributed by atoms with Gasteiger partial charge in [-0.1, -0.05) is 82.1 Å². The molecular formula is C43H42N4OPt. The molecule has 3 heterocycles. The molecule has 0 aliphatic carbocycles. The number of fused-ring (bicyclic) bond motifs is 3. The van der Waals surface area contributed by atoms with Crippen LogP contribution in [0.4, 0.5) is 0 Å². The Balaban J connectivity index is 0.00000417. The third-order valence-corrected chi connectivity index (χ3v) is 9.17. The minimum Gasteiger partial charge on any atom is -0.509 e. The molecule has 0 fully saturated rings. The summed E-state index contributed by atoms with van der Waals surface area (Å²) in [5.41, 5.74) is 10.9. The van der Waals surface area contributed by atoms with E-state index < -0.39 is 0 Å². The fraction of sp³-hybridized carbons (Fsp3) is 0.256. The van der Waals surface area contributed by atoms with Crippen LogP contribution in [-0.4, -0.2) is 19.3 Å². The third-order valence-electron chi connectivity index (χ3n) is 9.17. The van der Waals surface area contributed by atoms with Crippen LogP contribution >= 0.6 is 0 Å². The van der Waals surface area contributed by atoms with Gasteiger partial charge in [0.25, 0.3) is 0 Å². The van der Waals surface area contributed by atoms with Crippen molar-refractivity contribution >= 4 is 21.8 Å². The van der Waals surface area contributed by atoms with E-state index in [0.717, 1.165) is 68.8 Å². The summed E-state index contributed by atoms with van der Waals surface area (Å²) >= 11 is 0. The van der Waals surface area contributed by atoms with Gasteiger partial charge in [-0.2, -0.15) is 16.7 Å². The van der Waals surface area contributed by atoms with Crippen molar-refractivity contribution in [1.82, 2.24) is 19.3 Å². The molecule has 0 aliphatic heterocycles. The minimum absolute atomic E-state index is 0. The minimum atomic E-state index is 0. The van der Waals surface area contributed by atoms with Gasteiger partial charge in [0.15, 0.2) is 0 Å². The van der Waals surface area contributed by atoms with Crippen LogP contribution in [0.25, 0.3) is 44.4 Å². The second-order valence-corrected chi connectivity index (χ2v) is 13.6. The smallest absolute Gasteiger partial charge is 0.509 e. The first kappa shape index (κ1) is 34.4. The topological polar surface area (TPSA) is 44.9 Å². The predicted octanol–water partition coefficient (Wildman–Crippen LogP) is 11.1. The number of ether oxygens (including phenoxy) is 1. The van der Waals surface area contributed by atoms with Crippen LogP contribution in [0, 0.1) is 38.8 Å². The molecule has 5 nitrogen and oxygen atoms in total. The molecule has 0 radical (unpaired) electrons. The Hall–Kier alpha value is -4.47. The third kappa shape index (κ3) is 6.87. The Morgan fingerprint density at radius 3 is 2.33 bits per heavy atom. The van der Waals surface area contributed by atoms with Crippen LogP contribution in [-0.2, 0) is 27.5 Å². The maximum absolute atomic E-state index is 6.64. The molecular weight excluding hydrogens is 784 g/mol. The Morgan fingerprint density at radius 2 is 1.59 bits per heavy atom. The van der Waals surface area contributed by atoms with E-state index in [4.69, 9.17) is 14.8 Å². The maximum Gasteiger partial charge on any atom is 2.00 e. The second-order valence-electron chi connectivity index (χ2n) is 13.6. The zero-order valence-corrected chi connectivity index (χ0v) is 31.5. The van der Waals surface area contributed by atoms with E-state index in [9.17, 15) is 0 Å². The van der Waals surface area contributed by atoms with Crippen molar-refractivity contribution in [1.29, 1.82) is 0 Å². The van der Waals surface area contributed by atoms with Gasteiger partial charge in [-0.25, -0.2) is 4.98 Å². The number of pyridine rings is 1. The van der Waals surface area contributed by atoms with Gasteiger partial charge in [-0.05, 0) is 85.0 Å². The van der Waals surface area contributed by atoms with E-state index in [1.165, 1.54) is 16.5 Å². The number of hydrogen-bond donors (Lipinski definition) is 0. The van der Waals surface area contributed by atoms with Gasteiger partial charge in [-0.15, -0.1) is 35.7 Å². The summed E-state index contributed by atoms with van der Waals surface area (Å²) in [4.78, 5) is 4.77. The SMILES string of the molecule is Cc1ccnc(-n2c3[c-]c(Oc4[c-]c(-n5nc(C)c(-c6ccccc6)c5C)cc(CCC(C)C)c4)ccc3c3cc(C(C)C)ccc32)c1.[Pt+2]. The first-order valence-corrected chi connectivity index (χ1v) is 17.0. The molecule has 0 bridgehead atoms. The molecule has 0 atom stereocenters. The molecule has 0 unspecified atom stereocenters. The number of nitrogens with zero attached hydrogens (tertiary/aromatic N) is 4. The summed E-state index contributed by atoms with van der Waals surface area (Å²) in [7, 11) is 0. The molecule has 7 aromatic rings. The fourth-order valence-corrected chi connectivity index (χ4v) is 6.61. The van der Waals surface area contributed by atoms with Crippen LogP contribution < -0.4 is 4.74 Å². The Morgan fingerprint density at radius 1 is 0.796 bits per heavy atom. The number of rotatable bonds is 9. The zero-order valence-electron chi connectivity index (χ0n) is 29.2. The summed E-state index contributed by atoms with van der Waals surface area (Å²) in [5.74, 6) is 3.16. The van der Waals surface area contributed by atoms with Gasteiger partial charge in [-0.3, -0.25) is 4.68 Å². The average Bonchev–Trinajstić information content (AvgIpc) is 3.56. The first-order chi connectivity index (χ1) is 23.2. The molecule has 0 saturated heterocycles. The van der Waals surface area contributed by atoms with Crippen LogP contribution in [0.15, 0.2) is 91.1 Å². The molecule has 0 saturated carbocycles. The Kier molecular flexibility index (Phi) is 9.95. The van der Waals surface area contributed by atoms with Crippen molar-refractivity contribution in [3.05, 3.63) is 131 Å². The van der Waals surface area contributed by atoms with Crippen molar-refractivity contribution in [3.63, 3.8) is 0 Å². The molecule has 49 heavy (non-hydrogen) atoms. The number of aryl methyl sites for hydroxylation is 3. The van der Waals surface area contributed by atoms with Crippen molar-refractivity contribution in [2.45, 2.75) is 67.2 Å². The zero-order chi connectivity index (χ0) is 33.5. The molecule has 250 valence electrons. The Bertz CT molecular complexity index is 2260. The van der Waals surface area contributed by atoms with Crippen LogP contribution in [0.2, 0.25) is 0 Å². The van der Waals surface area contributed by atoms with E-state index in [1.807, 2.05) is 29.1 Å². The normalized spacial score (nSPS) is 11.5. The summed E-state index contributed by atoms with van der Waals surface area (Å²) in [5, 5.41) is 7.30. The van der Waals surface area contributed by atoms with E-state index >= 15 is 0 Å². The van der Waals surface area contributed by atoms with Crippen molar-refractivity contribution in [2.24, 2.45) is 5.92 Å². The second kappa shape index (κ2) is 14.2. The monoisotopic (exact) mass is 825 g/mol. The molecule has 0 aliphatic rings. The molecule has 0 N–H and O–H groups in total. The van der Waals surface area contributed by atoms with Gasteiger partial charge >= 0.3 is 21.1 Å². The van der Waals surface area contributed by atoms with E-state index in [0.29, 0.717) is 23.3 Å². The predicted molar refractivity (Wildman–Crippen MR) is 197 cm³/mol. The summed E-state index contributed by atoms with van der Waals surface area (Å²) in [6.45, 7) is 15.3. The van der Waals surface area contributed by atoms with Gasteiger partial charge < -0.3 is 9.30 Å². The van der Waals surface area contributed by atoms with Gasteiger partial charge in [0, 0.05) is 34.5 Å². The molecule has 0 amide bonds. The largest absolute Gasteiger partial charge is 2.00 e. The van der Waals surface area contributed by atoms with E-state index in [1.54, 1.807) is 0 Å². The van der Waals surface area contributed by atoms with Crippen molar-refractivity contribution < 1.29 is 25.8 Å². The molecule has 0 spiro atoms. The Labute approximate surface area is 304 Å². The fourth-order valence-electron chi connectivity index (χ4n) is 6.61. The average molecular weight is 826 g/mol. The number of aromatic nitrogens is 4. The van der Waals surface area contributed by atoms with Gasteiger partial charge in [0.05, 0.1) is 5.69 Å². The molecule has 6 heteroatoms. The molecule has 4 aromatic carbocycles. The summed E-state index contributed by atoms with van der Waals surface area (Å²) in [6.07, 6.45) is 3.89.